The molecule has 17 heavy (non-hydrogen) atoms. The summed E-state index contributed by atoms with van der Waals surface area (Å²) in [6, 6.07) is 5.30. The maximum absolute atomic E-state index is 13.8. The number of benzene rings is 1. The van der Waals surface area contributed by atoms with Crippen molar-refractivity contribution in [1.29, 1.82) is 0 Å². The predicted molar refractivity (Wildman–Crippen MR) is 70.0 cm³/mol. The Bertz CT molecular complexity index is 549. The first-order valence-electron chi connectivity index (χ1n) is 6.00. The highest BCUT2D eigenvalue weighted by molar-refractivity contribution is 5.94. The second kappa shape index (κ2) is 4.70. The molecule has 0 amide bonds. The largest absolute Gasteiger partial charge is 0.385 e. The van der Waals surface area contributed by atoms with Crippen molar-refractivity contribution in [3.8, 4) is 0 Å². The number of hydrogen-bond acceptors (Lipinski definition) is 2. The topological polar surface area (TPSA) is 24.9 Å². The monoisotopic (exact) mass is 232 g/mol. The molecule has 0 radical (unpaired) electrons. The van der Waals surface area contributed by atoms with Crippen LogP contribution in [0.3, 0.4) is 0 Å². The van der Waals surface area contributed by atoms with Crippen LogP contribution in [-0.4, -0.2) is 11.5 Å². The van der Waals surface area contributed by atoms with Crippen molar-refractivity contribution in [3.63, 3.8) is 0 Å². The van der Waals surface area contributed by atoms with Crippen molar-refractivity contribution >= 4 is 16.6 Å². The molecule has 0 spiro atoms. The molecule has 0 saturated carbocycles. The molecule has 0 unspecified atom stereocenters. The fourth-order valence-corrected chi connectivity index (χ4v) is 2.04. The Kier molecular flexibility index (Phi) is 3.27. The van der Waals surface area contributed by atoms with Crippen molar-refractivity contribution in [2.45, 2.75) is 27.2 Å². The number of aromatic nitrogens is 1. The van der Waals surface area contributed by atoms with Crippen molar-refractivity contribution in [2.24, 2.45) is 0 Å². The molecule has 1 aromatic heterocycles. The quantitative estimate of drug-likeness (QED) is 0.873. The molecule has 0 bridgehead atoms. The molecule has 0 atom stereocenters. The number of anilines is 1. The fourth-order valence-electron chi connectivity index (χ4n) is 2.04. The molecule has 1 aromatic carbocycles. The first-order valence-corrected chi connectivity index (χ1v) is 6.00. The number of nitrogens with one attached hydrogen (secondary N) is 1. The van der Waals surface area contributed by atoms with Gasteiger partial charge in [-0.2, -0.15) is 0 Å². The maximum Gasteiger partial charge on any atom is 0.149 e. The average molecular weight is 232 g/mol. The van der Waals surface area contributed by atoms with Crippen LogP contribution in [0.4, 0.5) is 10.1 Å². The molecule has 3 heteroatoms. The second-order valence-corrected chi connectivity index (χ2v) is 4.13. The van der Waals surface area contributed by atoms with E-state index in [0.717, 1.165) is 35.3 Å². The van der Waals surface area contributed by atoms with Gasteiger partial charge in [0.25, 0.3) is 0 Å². The summed E-state index contributed by atoms with van der Waals surface area (Å²) in [6.07, 6.45) is 0.807. The Morgan fingerprint density at radius 2 is 2.06 bits per heavy atom. The van der Waals surface area contributed by atoms with Gasteiger partial charge in [0.2, 0.25) is 0 Å². The molecule has 2 nitrogen and oxygen atoms in total. The molecular weight excluding hydrogens is 215 g/mol. The summed E-state index contributed by atoms with van der Waals surface area (Å²) in [4.78, 5) is 4.38. The Balaban J connectivity index is 2.80. The van der Waals surface area contributed by atoms with Crippen molar-refractivity contribution in [1.82, 2.24) is 4.98 Å². The van der Waals surface area contributed by atoms with E-state index < -0.39 is 0 Å². The van der Waals surface area contributed by atoms with E-state index >= 15 is 0 Å². The molecular formula is C14H17FN2. The van der Waals surface area contributed by atoms with E-state index in [1.54, 1.807) is 6.07 Å². The third kappa shape index (κ3) is 2.09. The number of nitrogens with zero attached hydrogens (tertiary/aromatic N) is 1. The summed E-state index contributed by atoms with van der Waals surface area (Å²) in [6.45, 7) is 6.86. The lowest BCUT2D eigenvalue weighted by Gasteiger charge is -2.12. The number of aryl methyl sites for hydroxylation is 2. The van der Waals surface area contributed by atoms with E-state index in [1.165, 1.54) is 6.07 Å². The predicted octanol–water partition coefficient (Wildman–Crippen LogP) is 3.68. The highest BCUT2D eigenvalue weighted by atomic mass is 19.1. The van der Waals surface area contributed by atoms with E-state index in [9.17, 15) is 4.39 Å². The molecule has 0 aliphatic rings. The molecule has 0 aliphatic carbocycles. The molecule has 2 rings (SSSR count). The summed E-state index contributed by atoms with van der Waals surface area (Å²) in [7, 11) is 0. The van der Waals surface area contributed by atoms with Crippen LogP contribution in [0.2, 0.25) is 0 Å². The minimum absolute atomic E-state index is 0.250. The first-order chi connectivity index (χ1) is 8.17. The zero-order valence-corrected chi connectivity index (χ0v) is 10.5. The first kappa shape index (κ1) is 11.8. The van der Waals surface area contributed by atoms with Crippen LogP contribution in [0.15, 0.2) is 18.2 Å². The lowest BCUT2D eigenvalue weighted by Crippen LogP contribution is -2.02. The average Bonchev–Trinajstić information content (AvgIpc) is 2.34. The van der Waals surface area contributed by atoms with Crippen LogP contribution in [0, 0.1) is 12.7 Å². The van der Waals surface area contributed by atoms with E-state index in [-0.39, 0.29) is 5.82 Å². The smallest absolute Gasteiger partial charge is 0.149 e. The van der Waals surface area contributed by atoms with Gasteiger partial charge in [-0.05, 0) is 38.0 Å². The zero-order chi connectivity index (χ0) is 12.4. The summed E-state index contributed by atoms with van der Waals surface area (Å²) in [5.41, 5.74) is 3.41. The Hall–Kier alpha value is -1.64. The SMILES string of the molecule is CCNc1cc(CC)nc2c(F)ccc(C)c12. The lowest BCUT2D eigenvalue weighted by molar-refractivity contribution is 0.636. The number of halogens is 1. The van der Waals surface area contributed by atoms with Crippen LogP contribution in [0.1, 0.15) is 25.1 Å². The van der Waals surface area contributed by atoms with E-state index in [1.807, 2.05) is 26.8 Å². The Morgan fingerprint density at radius 1 is 1.29 bits per heavy atom. The Morgan fingerprint density at radius 3 is 2.71 bits per heavy atom. The molecule has 90 valence electrons. The van der Waals surface area contributed by atoms with Gasteiger partial charge in [-0.3, -0.25) is 0 Å². The fraction of sp³-hybridized carbons (Fsp3) is 0.357. The zero-order valence-electron chi connectivity index (χ0n) is 10.5. The van der Waals surface area contributed by atoms with E-state index in [2.05, 4.69) is 10.3 Å². The number of rotatable bonds is 3. The third-order valence-corrected chi connectivity index (χ3v) is 2.90. The second-order valence-electron chi connectivity index (χ2n) is 4.13. The summed E-state index contributed by atoms with van der Waals surface area (Å²) >= 11 is 0. The van der Waals surface area contributed by atoms with Crippen molar-refractivity contribution in [2.75, 3.05) is 11.9 Å². The highest BCUT2D eigenvalue weighted by Crippen LogP contribution is 2.28. The number of fused-ring (bicyclic) bond motifs is 1. The molecule has 2 aromatic rings. The molecule has 0 aliphatic heterocycles. The van der Waals surface area contributed by atoms with Gasteiger partial charge in [0.1, 0.15) is 11.3 Å². The summed E-state index contributed by atoms with van der Waals surface area (Å²) in [5.74, 6) is -0.250. The molecule has 1 N–H and O–H groups in total. The van der Waals surface area contributed by atoms with E-state index in [0.29, 0.717) is 5.52 Å². The van der Waals surface area contributed by atoms with Gasteiger partial charge in [-0.15, -0.1) is 0 Å². The van der Waals surface area contributed by atoms with Crippen LogP contribution >= 0.6 is 0 Å². The summed E-state index contributed by atoms with van der Waals surface area (Å²) < 4.78 is 13.8. The Labute approximate surface area is 101 Å². The molecule has 1 heterocycles. The molecule has 0 saturated heterocycles. The van der Waals surface area contributed by atoms with Gasteiger partial charge in [0.05, 0.1) is 0 Å². The van der Waals surface area contributed by atoms with Gasteiger partial charge < -0.3 is 5.32 Å². The van der Waals surface area contributed by atoms with Gasteiger partial charge in [-0.25, -0.2) is 9.37 Å². The number of hydrogen-bond donors (Lipinski definition) is 1. The normalized spacial score (nSPS) is 10.8. The summed E-state index contributed by atoms with van der Waals surface area (Å²) in [5, 5.41) is 4.18. The third-order valence-electron chi connectivity index (χ3n) is 2.90. The van der Waals surface area contributed by atoms with Gasteiger partial charge in [0, 0.05) is 23.3 Å². The minimum atomic E-state index is -0.250. The van der Waals surface area contributed by atoms with Crippen LogP contribution in [0.25, 0.3) is 10.9 Å². The standard InChI is InChI=1S/C14H17FN2/c1-4-10-8-12(16-5-2)13-9(3)6-7-11(15)14(13)17-10/h6-8H,4-5H2,1-3H3,(H,16,17). The lowest BCUT2D eigenvalue weighted by atomic mass is 10.1. The van der Waals surface area contributed by atoms with Gasteiger partial charge in [0.15, 0.2) is 0 Å². The number of pyridine rings is 1. The maximum atomic E-state index is 13.8. The highest BCUT2D eigenvalue weighted by Gasteiger charge is 2.10. The van der Waals surface area contributed by atoms with Crippen LogP contribution < -0.4 is 5.32 Å². The van der Waals surface area contributed by atoms with Gasteiger partial charge >= 0.3 is 0 Å². The van der Waals surface area contributed by atoms with Crippen LogP contribution in [-0.2, 0) is 6.42 Å². The van der Waals surface area contributed by atoms with Crippen molar-refractivity contribution in [3.05, 3.63) is 35.3 Å². The molecule has 0 fully saturated rings. The van der Waals surface area contributed by atoms with Crippen molar-refractivity contribution < 1.29 is 4.39 Å². The van der Waals surface area contributed by atoms with Gasteiger partial charge in [-0.1, -0.05) is 13.0 Å². The van der Waals surface area contributed by atoms with E-state index in [4.69, 9.17) is 0 Å². The minimum Gasteiger partial charge on any atom is -0.385 e. The van der Waals surface area contributed by atoms with Crippen LogP contribution in [0.5, 0.6) is 0 Å².